The first-order chi connectivity index (χ1) is 7.99. The Morgan fingerprint density at radius 3 is 2.76 bits per heavy atom. The highest BCUT2D eigenvalue weighted by molar-refractivity contribution is 7.91. The summed E-state index contributed by atoms with van der Waals surface area (Å²) < 4.78 is 28.1. The van der Waals surface area contributed by atoms with Crippen LogP contribution in [0.1, 0.15) is 6.42 Å². The van der Waals surface area contributed by atoms with E-state index in [4.69, 9.17) is 4.74 Å². The fourth-order valence-corrected chi connectivity index (χ4v) is 3.99. The second kappa shape index (κ2) is 4.91. The Morgan fingerprint density at radius 2 is 2.24 bits per heavy atom. The van der Waals surface area contributed by atoms with Crippen LogP contribution in [0.4, 0.5) is 0 Å². The zero-order valence-corrected chi connectivity index (χ0v) is 10.7. The van der Waals surface area contributed by atoms with Crippen molar-refractivity contribution in [3.05, 3.63) is 0 Å². The van der Waals surface area contributed by atoms with E-state index in [-0.39, 0.29) is 23.5 Å². The molecule has 2 fully saturated rings. The standard InChI is InChI=1S/C10H18N2O4S/c1-12(8-2-5-17(14,15)7-8)10(13)9-6-11-3-4-16-9/h8-9,11H,2-7H2,1H3. The van der Waals surface area contributed by atoms with Crippen LogP contribution in [0.5, 0.6) is 0 Å². The Hall–Kier alpha value is -0.660. The van der Waals surface area contributed by atoms with Crippen molar-refractivity contribution in [2.75, 3.05) is 38.2 Å². The molecule has 2 heterocycles. The van der Waals surface area contributed by atoms with Crippen molar-refractivity contribution in [2.24, 2.45) is 0 Å². The number of carbonyl (C=O) groups excluding carboxylic acids is 1. The van der Waals surface area contributed by atoms with Crippen LogP contribution in [0.3, 0.4) is 0 Å². The Balaban J connectivity index is 1.95. The van der Waals surface area contributed by atoms with E-state index in [0.717, 1.165) is 6.54 Å². The van der Waals surface area contributed by atoms with Crippen LogP contribution in [0.15, 0.2) is 0 Å². The molecule has 2 rings (SSSR count). The molecule has 2 aliphatic rings. The van der Waals surface area contributed by atoms with Crippen molar-refractivity contribution in [3.63, 3.8) is 0 Å². The Kier molecular flexibility index (Phi) is 3.70. The van der Waals surface area contributed by atoms with Gasteiger partial charge in [-0.15, -0.1) is 0 Å². The molecule has 17 heavy (non-hydrogen) atoms. The number of nitrogens with zero attached hydrogens (tertiary/aromatic N) is 1. The van der Waals surface area contributed by atoms with Crippen LogP contribution in [0.2, 0.25) is 0 Å². The zero-order valence-electron chi connectivity index (χ0n) is 9.89. The first-order valence-electron chi connectivity index (χ1n) is 5.79. The van der Waals surface area contributed by atoms with Crippen molar-refractivity contribution >= 4 is 15.7 Å². The van der Waals surface area contributed by atoms with E-state index in [1.165, 1.54) is 4.90 Å². The molecule has 0 aromatic rings. The monoisotopic (exact) mass is 262 g/mol. The third-order valence-corrected chi connectivity index (χ3v) is 5.06. The molecule has 0 saturated carbocycles. The Bertz CT molecular complexity index is 389. The minimum atomic E-state index is -2.96. The van der Waals surface area contributed by atoms with Crippen LogP contribution < -0.4 is 5.32 Å². The lowest BCUT2D eigenvalue weighted by atomic mass is 10.2. The van der Waals surface area contributed by atoms with Gasteiger partial charge in [0.1, 0.15) is 6.10 Å². The number of ether oxygens (including phenoxy) is 1. The average molecular weight is 262 g/mol. The Labute approximate surface area is 101 Å². The third kappa shape index (κ3) is 2.97. The minimum Gasteiger partial charge on any atom is -0.366 e. The van der Waals surface area contributed by atoms with Crippen LogP contribution in [-0.2, 0) is 19.4 Å². The number of sulfone groups is 1. The quantitative estimate of drug-likeness (QED) is 0.664. The molecule has 0 aromatic carbocycles. The number of amides is 1. The summed E-state index contributed by atoms with van der Waals surface area (Å²) in [4.78, 5) is 13.6. The molecule has 0 spiro atoms. The number of carbonyl (C=O) groups is 1. The molecular formula is C10H18N2O4S. The fraction of sp³-hybridized carbons (Fsp3) is 0.900. The van der Waals surface area contributed by atoms with E-state index in [1.807, 2.05) is 0 Å². The van der Waals surface area contributed by atoms with E-state index < -0.39 is 15.9 Å². The predicted molar refractivity (Wildman–Crippen MR) is 62.4 cm³/mol. The van der Waals surface area contributed by atoms with Gasteiger partial charge in [-0.25, -0.2) is 8.42 Å². The summed E-state index contributed by atoms with van der Waals surface area (Å²) in [6.45, 7) is 1.78. The normalized spacial score (nSPS) is 32.3. The van der Waals surface area contributed by atoms with Crippen LogP contribution >= 0.6 is 0 Å². The van der Waals surface area contributed by atoms with Gasteiger partial charge in [0.05, 0.1) is 18.1 Å². The fourth-order valence-electron chi connectivity index (χ4n) is 2.21. The lowest BCUT2D eigenvalue weighted by molar-refractivity contribution is -0.145. The van der Waals surface area contributed by atoms with Gasteiger partial charge in [0, 0.05) is 26.2 Å². The lowest BCUT2D eigenvalue weighted by Crippen LogP contribution is -2.51. The summed E-state index contributed by atoms with van der Waals surface area (Å²) in [6, 6.07) is -0.196. The summed E-state index contributed by atoms with van der Waals surface area (Å²) in [5.74, 6) is 0.133. The average Bonchev–Trinajstić information content (AvgIpc) is 2.69. The number of hydrogen-bond acceptors (Lipinski definition) is 5. The molecule has 1 N–H and O–H groups in total. The van der Waals surface area contributed by atoms with Crippen LogP contribution in [0.25, 0.3) is 0 Å². The largest absolute Gasteiger partial charge is 0.366 e. The van der Waals surface area contributed by atoms with Gasteiger partial charge in [-0.3, -0.25) is 4.79 Å². The van der Waals surface area contributed by atoms with Gasteiger partial charge < -0.3 is 15.0 Å². The summed E-state index contributed by atoms with van der Waals surface area (Å²) >= 11 is 0. The number of hydrogen-bond donors (Lipinski definition) is 1. The third-order valence-electron chi connectivity index (χ3n) is 3.31. The molecular weight excluding hydrogens is 244 g/mol. The summed E-state index contributed by atoms with van der Waals surface area (Å²) in [5, 5.41) is 3.09. The van der Waals surface area contributed by atoms with Gasteiger partial charge in [-0.2, -0.15) is 0 Å². The second-order valence-electron chi connectivity index (χ2n) is 4.57. The van der Waals surface area contributed by atoms with Gasteiger partial charge in [0.25, 0.3) is 5.91 Å². The number of likely N-dealkylation sites (N-methyl/N-ethyl adjacent to an activating group) is 1. The first kappa shape index (κ1) is 12.8. The molecule has 2 unspecified atom stereocenters. The maximum atomic E-state index is 12.1. The van der Waals surface area contributed by atoms with Crippen molar-refractivity contribution in [1.29, 1.82) is 0 Å². The highest BCUT2D eigenvalue weighted by Gasteiger charge is 2.35. The molecule has 2 saturated heterocycles. The maximum Gasteiger partial charge on any atom is 0.253 e. The molecule has 0 aliphatic carbocycles. The molecule has 2 aliphatic heterocycles. The summed E-state index contributed by atoms with van der Waals surface area (Å²) in [7, 11) is -1.30. The molecule has 0 aromatic heterocycles. The van der Waals surface area contributed by atoms with Gasteiger partial charge in [0.2, 0.25) is 0 Å². The molecule has 2 atom stereocenters. The minimum absolute atomic E-state index is 0.0788. The van der Waals surface area contributed by atoms with Crippen molar-refractivity contribution < 1.29 is 17.9 Å². The van der Waals surface area contributed by atoms with E-state index >= 15 is 0 Å². The second-order valence-corrected chi connectivity index (χ2v) is 6.80. The van der Waals surface area contributed by atoms with Gasteiger partial charge in [0.15, 0.2) is 9.84 Å². The predicted octanol–water partition coefficient (Wildman–Crippen LogP) is -1.38. The highest BCUT2D eigenvalue weighted by atomic mass is 32.2. The first-order valence-corrected chi connectivity index (χ1v) is 7.61. The van der Waals surface area contributed by atoms with Crippen LogP contribution in [-0.4, -0.2) is 69.6 Å². The maximum absolute atomic E-state index is 12.1. The van der Waals surface area contributed by atoms with E-state index in [2.05, 4.69) is 5.32 Å². The number of morpholine rings is 1. The zero-order chi connectivity index (χ0) is 12.5. The highest BCUT2D eigenvalue weighted by Crippen LogP contribution is 2.17. The van der Waals surface area contributed by atoms with Crippen molar-refractivity contribution in [2.45, 2.75) is 18.6 Å². The van der Waals surface area contributed by atoms with Gasteiger partial charge >= 0.3 is 0 Å². The lowest BCUT2D eigenvalue weighted by Gasteiger charge is -2.30. The Morgan fingerprint density at radius 1 is 1.47 bits per heavy atom. The number of nitrogens with one attached hydrogen (secondary N) is 1. The SMILES string of the molecule is CN(C(=O)C1CNCCO1)C1CCS(=O)(=O)C1. The molecule has 0 bridgehead atoms. The number of rotatable bonds is 2. The van der Waals surface area contributed by atoms with Crippen molar-refractivity contribution in [1.82, 2.24) is 10.2 Å². The molecule has 1 amide bonds. The van der Waals surface area contributed by atoms with Crippen molar-refractivity contribution in [3.8, 4) is 0 Å². The topological polar surface area (TPSA) is 75.7 Å². The van der Waals surface area contributed by atoms with Gasteiger partial charge in [-0.1, -0.05) is 0 Å². The molecule has 6 nitrogen and oxygen atoms in total. The summed E-state index contributed by atoms with van der Waals surface area (Å²) in [6.07, 6.45) is 0.0575. The smallest absolute Gasteiger partial charge is 0.253 e. The molecule has 0 radical (unpaired) electrons. The van der Waals surface area contributed by atoms with E-state index in [9.17, 15) is 13.2 Å². The van der Waals surface area contributed by atoms with Gasteiger partial charge in [-0.05, 0) is 6.42 Å². The summed E-state index contributed by atoms with van der Waals surface area (Å²) in [5.41, 5.74) is 0. The molecule has 98 valence electrons. The van der Waals surface area contributed by atoms with E-state index in [1.54, 1.807) is 7.05 Å². The molecule has 7 heteroatoms. The van der Waals surface area contributed by atoms with Crippen LogP contribution in [0, 0.1) is 0 Å². The van der Waals surface area contributed by atoms with E-state index in [0.29, 0.717) is 19.6 Å².